The number of hydrogen-bond donors (Lipinski definition) is 1. The number of rotatable bonds is 7. The van der Waals surface area contributed by atoms with Crippen LogP contribution in [0.1, 0.15) is 37.0 Å². The van der Waals surface area contributed by atoms with Crippen LogP contribution in [0.5, 0.6) is 0 Å². The molecule has 0 amide bonds. The number of benzene rings is 1. The number of thiol groups is 1. The second-order valence-corrected chi connectivity index (χ2v) is 9.32. The Hall–Kier alpha value is -1.99. The number of aromatic nitrogens is 2. The van der Waals surface area contributed by atoms with Gasteiger partial charge in [-0.25, -0.2) is 17.8 Å². The summed E-state index contributed by atoms with van der Waals surface area (Å²) in [4.78, 5) is 5.26. The van der Waals surface area contributed by atoms with Crippen LogP contribution < -0.4 is 0 Å². The monoisotopic (exact) mass is 406 g/mol. The van der Waals surface area contributed by atoms with Gasteiger partial charge in [0.1, 0.15) is 15.9 Å². The fourth-order valence-electron chi connectivity index (χ4n) is 3.10. The molecule has 0 N–H and O–H groups in total. The molecule has 4 nitrogen and oxygen atoms in total. The van der Waals surface area contributed by atoms with Crippen molar-refractivity contribution in [3.8, 4) is 11.1 Å². The van der Waals surface area contributed by atoms with E-state index in [1.807, 2.05) is 23.8 Å². The highest BCUT2D eigenvalue weighted by Crippen LogP contribution is 2.34. The number of thiophene rings is 1. The lowest BCUT2D eigenvalue weighted by atomic mass is 10.0. The zero-order chi connectivity index (χ0) is 19.6. The van der Waals surface area contributed by atoms with Crippen molar-refractivity contribution < 1.29 is 12.8 Å². The third kappa shape index (κ3) is 4.47. The minimum Gasteiger partial charge on any atom is -0.330 e. The highest BCUT2D eigenvalue weighted by atomic mass is 32.2. The molecule has 0 spiro atoms. The Labute approximate surface area is 164 Å². The summed E-state index contributed by atoms with van der Waals surface area (Å²) in [6.07, 6.45) is 5.13. The maximum absolute atomic E-state index is 14.7. The maximum Gasteiger partial charge on any atom is 0.178 e. The second kappa shape index (κ2) is 8.35. The summed E-state index contributed by atoms with van der Waals surface area (Å²) in [7, 11) is -2.72. The molecule has 2 heterocycles. The molecule has 2 aromatic heterocycles. The van der Waals surface area contributed by atoms with Crippen molar-refractivity contribution in [1.29, 1.82) is 0 Å². The van der Waals surface area contributed by atoms with Gasteiger partial charge >= 0.3 is 0 Å². The van der Waals surface area contributed by atoms with E-state index in [4.69, 9.17) is 0 Å². The maximum atomic E-state index is 14.7. The first kappa shape index (κ1) is 19.8. The molecular weight excluding hydrogens is 383 g/mol. The van der Waals surface area contributed by atoms with Gasteiger partial charge in [0.25, 0.3) is 0 Å². The van der Waals surface area contributed by atoms with Crippen LogP contribution >= 0.6 is 11.3 Å². The molecule has 7 heteroatoms. The van der Waals surface area contributed by atoms with Crippen molar-refractivity contribution in [2.45, 2.75) is 44.4 Å². The second-order valence-electron chi connectivity index (χ2n) is 6.92. The van der Waals surface area contributed by atoms with E-state index >= 15 is 0 Å². The minimum absolute atomic E-state index is 0.302. The van der Waals surface area contributed by atoms with Crippen LogP contribution in [0.3, 0.4) is 0 Å². The minimum atomic E-state index is -2.72. The van der Waals surface area contributed by atoms with Gasteiger partial charge in [0, 0.05) is 34.8 Å². The molecule has 27 heavy (non-hydrogen) atoms. The van der Waals surface area contributed by atoms with E-state index in [2.05, 4.69) is 18.8 Å². The smallest absolute Gasteiger partial charge is 0.178 e. The van der Waals surface area contributed by atoms with Gasteiger partial charge in [0.05, 0.1) is 6.54 Å². The van der Waals surface area contributed by atoms with Crippen LogP contribution in [0.2, 0.25) is 0 Å². The highest BCUT2D eigenvalue weighted by molar-refractivity contribution is 7.75. The first-order valence-electron chi connectivity index (χ1n) is 8.95. The van der Waals surface area contributed by atoms with Crippen molar-refractivity contribution >= 4 is 22.0 Å². The molecule has 0 radical (unpaired) electrons. The average molecular weight is 407 g/mol. The standard InChI is InChI=1S/C20H23FN2O2S2/c1-4-19-22-7-8-23(19)12-15-6-5-14(10-18(15)21)17-11-16(9-13(2)3)26-20(17)27(24)25/h5-8,10-11,13,27H,4,9,12H2,1-3H3. The zero-order valence-electron chi connectivity index (χ0n) is 15.6. The summed E-state index contributed by atoms with van der Waals surface area (Å²) in [6.45, 7) is 6.59. The Morgan fingerprint density at radius 2 is 2.04 bits per heavy atom. The summed E-state index contributed by atoms with van der Waals surface area (Å²) in [5.74, 6) is 0.989. The van der Waals surface area contributed by atoms with E-state index < -0.39 is 10.7 Å². The largest absolute Gasteiger partial charge is 0.330 e. The Bertz CT molecular complexity index is 1010. The van der Waals surface area contributed by atoms with Crippen molar-refractivity contribution in [3.05, 3.63) is 58.7 Å². The molecule has 0 atom stereocenters. The predicted molar refractivity (Wildman–Crippen MR) is 108 cm³/mol. The van der Waals surface area contributed by atoms with Crippen LogP contribution in [0, 0.1) is 11.7 Å². The molecular formula is C20H23FN2O2S2. The quantitative estimate of drug-likeness (QED) is 0.587. The van der Waals surface area contributed by atoms with Gasteiger partial charge in [-0.1, -0.05) is 32.9 Å². The Kier molecular flexibility index (Phi) is 6.11. The molecule has 3 aromatic rings. The number of nitrogens with zero attached hydrogens (tertiary/aromatic N) is 2. The summed E-state index contributed by atoms with van der Waals surface area (Å²) < 4.78 is 40.3. The van der Waals surface area contributed by atoms with Crippen molar-refractivity contribution in [1.82, 2.24) is 9.55 Å². The van der Waals surface area contributed by atoms with E-state index in [1.54, 1.807) is 18.3 Å². The fraction of sp³-hybridized carbons (Fsp3) is 0.350. The topological polar surface area (TPSA) is 52.0 Å². The lowest BCUT2D eigenvalue weighted by Gasteiger charge is -2.09. The van der Waals surface area contributed by atoms with Gasteiger partial charge in [-0.2, -0.15) is 0 Å². The summed E-state index contributed by atoms with van der Waals surface area (Å²) >= 11 is 1.28. The average Bonchev–Trinajstić information content (AvgIpc) is 3.22. The van der Waals surface area contributed by atoms with Gasteiger partial charge in [-0.05, 0) is 30.0 Å². The summed E-state index contributed by atoms with van der Waals surface area (Å²) in [6, 6.07) is 6.84. The number of imidazole rings is 1. The molecule has 0 bridgehead atoms. The zero-order valence-corrected chi connectivity index (χ0v) is 17.3. The lowest BCUT2D eigenvalue weighted by molar-refractivity contribution is 0.595. The number of halogens is 1. The lowest BCUT2D eigenvalue weighted by Crippen LogP contribution is -2.05. The molecule has 1 aromatic carbocycles. The Balaban J connectivity index is 1.94. The van der Waals surface area contributed by atoms with Crippen molar-refractivity contribution in [2.24, 2.45) is 5.92 Å². The van der Waals surface area contributed by atoms with E-state index in [0.29, 0.717) is 33.4 Å². The van der Waals surface area contributed by atoms with Crippen LogP contribution in [-0.2, 0) is 30.1 Å². The summed E-state index contributed by atoms with van der Waals surface area (Å²) in [5.41, 5.74) is 1.74. The predicted octanol–water partition coefficient (Wildman–Crippen LogP) is 4.53. The van der Waals surface area contributed by atoms with Gasteiger partial charge in [-0.3, -0.25) is 0 Å². The van der Waals surface area contributed by atoms with Crippen LogP contribution in [0.15, 0.2) is 40.9 Å². The molecule has 0 saturated heterocycles. The van der Waals surface area contributed by atoms with E-state index in [1.165, 1.54) is 17.4 Å². The van der Waals surface area contributed by atoms with Gasteiger partial charge < -0.3 is 4.57 Å². The first-order chi connectivity index (χ1) is 12.9. The number of aryl methyl sites for hydroxylation is 1. The van der Waals surface area contributed by atoms with Crippen molar-refractivity contribution in [3.63, 3.8) is 0 Å². The Morgan fingerprint density at radius 1 is 1.26 bits per heavy atom. The number of hydrogen-bond acceptors (Lipinski definition) is 4. The third-order valence-electron chi connectivity index (χ3n) is 4.36. The Morgan fingerprint density at radius 3 is 2.67 bits per heavy atom. The first-order valence-corrected chi connectivity index (χ1v) is 10.9. The van der Waals surface area contributed by atoms with E-state index in [0.717, 1.165) is 23.5 Å². The normalized spacial score (nSPS) is 11.6. The molecule has 0 unspecified atom stereocenters. The van der Waals surface area contributed by atoms with Crippen LogP contribution in [0.4, 0.5) is 4.39 Å². The fourth-order valence-corrected chi connectivity index (χ4v) is 5.27. The molecule has 0 saturated carbocycles. The molecule has 3 rings (SSSR count). The molecule has 0 aliphatic heterocycles. The molecule has 0 aliphatic carbocycles. The van der Waals surface area contributed by atoms with Gasteiger partial charge in [0.2, 0.25) is 0 Å². The van der Waals surface area contributed by atoms with Crippen molar-refractivity contribution in [2.75, 3.05) is 0 Å². The summed E-state index contributed by atoms with van der Waals surface area (Å²) in [5, 5.41) is 0. The third-order valence-corrected chi connectivity index (χ3v) is 6.62. The molecule has 0 aliphatic rings. The van der Waals surface area contributed by atoms with E-state index in [9.17, 15) is 12.8 Å². The van der Waals surface area contributed by atoms with E-state index in [-0.39, 0.29) is 5.82 Å². The van der Waals surface area contributed by atoms with Crippen LogP contribution in [-0.4, -0.2) is 18.0 Å². The van der Waals surface area contributed by atoms with Gasteiger partial charge in [0.15, 0.2) is 10.7 Å². The van der Waals surface area contributed by atoms with Crippen LogP contribution in [0.25, 0.3) is 11.1 Å². The SMILES string of the molecule is CCc1nccn1Cc1ccc(-c2cc(CC(C)C)sc2[SH](=O)=O)cc1F. The van der Waals surface area contributed by atoms with Gasteiger partial charge in [-0.15, -0.1) is 11.3 Å². The highest BCUT2D eigenvalue weighted by Gasteiger charge is 2.16. The molecule has 144 valence electrons. The molecule has 0 fully saturated rings.